The molecule has 7 nitrogen and oxygen atoms in total. The van der Waals surface area contributed by atoms with Gasteiger partial charge in [-0.3, -0.25) is 9.69 Å². The Bertz CT molecular complexity index is 1140. The average Bonchev–Trinajstić information content (AvgIpc) is 3.18. The van der Waals surface area contributed by atoms with Crippen molar-refractivity contribution in [3.8, 4) is 22.9 Å². The zero-order chi connectivity index (χ0) is 23.6. The first-order chi connectivity index (χ1) is 15.7. The molecule has 10 heteroatoms. The van der Waals surface area contributed by atoms with Crippen LogP contribution in [0.1, 0.15) is 28.2 Å². The number of ether oxygens (including phenoxy) is 1. The number of halogens is 3. The first kappa shape index (κ1) is 22.7. The van der Waals surface area contributed by atoms with Gasteiger partial charge in [0, 0.05) is 25.2 Å². The van der Waals surface area contributed by atoms with Gasteiger partial charge in [0.1, 0.15) is 17.2 Å². The molecule has 1 aliphatic rings. The number of carbonyl (C=O) groups excluding carboxylic acids is 1. The molecule has 3 aromatic rings. The van der Waals surface area contributed by atoms with E-state index in [0.29, 0.717) is 42.3 Å². The lowest BCUT2D eigenvalue weighted by Crippen LogP contribution is -2.23. The first-order valence-electron chi connectivity index (χ1n) is 10.2. The van der Waals surface area contributed by atoms with Gasteiger partial charge in [0.25, 0.3) is 5.91 Å². The summed E-state index contributed by atoms with van der Waals surface area (Å²) in [5.74, 6) is 0.305. The summed E-state index contributed by atoms with van der Waals surface area (Å²) in [6, 6.07) is 12.6. The van der Waals surface area contributed by atoms with E-state index >= 15 is 0 Å². The Hall–Kier alpha value is -3.50. The minimum Gasteiger partial charge on any atom is -0.457 e. The highest BCUT2D eigenvalue weighted by atomic mass is 19.4. The maximum absolute atomic E-state index is 12.7. The molecule has 1 saturated heterocycles. The number of aliphatic hydroxyl groups is 1. The summed E-state index contributed by atoms with van der Waals surface area (Å²) in [6.07, 6.45) is -4.10. The zero-order valence-corrected chi connectivity index (χ0v) is 17.4. The maximum atomic E-state index is 12.7. The molecule has 0 radical (unpaired) electrons. The van der Waals surface area contributed by atoms with Crippen molar-refractivity contribution in [1.29, 1.82) is 0 Å². The average molecular weight is 458 g/mol. The van der Waals surface area contributed by atoms with Gasteiger partial charge in [-0.1, -0.05) is 0 Å². The molecule has 0 saturated carbocycles. The van der Waals surface area contributed by atoms with Crippen LogP contribution in [0.25, 0.3) is 11.4 Å². The highest BCUT2D eigenvalue weighted by molar-refractivity contribution is 5.91. The summed E-state index contributed by atoms with van der Waals surface area (Å²) in [4.78, 5) is 22.6. The molecule has 2 aromatic carbocycles. The molecule has 33 heavy (non-hydrogen) atoms. The van der Waals surface area contributed by atoms with Crippen molar-refractivity contribution in [3.05, 3.63) is 71.5 Å². The van der Waals surface area contributed by atoms with Crippen LogP contribution in [0, 0.1) is 0 Å². The number of likely N-dealkylation sites (tertiary alicyclic amines) is 1. The Morgan fingerprint density at radius 1 is 1.09 bits per heavy atom. The predicted molar refractivity (Wildman–Crippen MR) is 113 cm³/mol. The van der Waals surface area contributed by atoms with Crippen LogP contribution in [0.3, 0.4) is 0 Å². The summed E-state index contributed by atoms with van der Waals surface area (Å²) in [5, 5.41) is 9.72. The molecule has 0 aliphatic carbocycles. The van der Waals surface area contributed by atoms with Crippen LogP contribution in [-0.2, 0) is 12.7 Å². The molecule has 1 atom stereocenters. The Morgan fingerprint density at radius 3 is 2.27 bits per heavy atom. The summed E-state index contributed by atoms with van der Waals surface area (Å²) >= 11 is 0. The standard InChI is InChI=1S/C23H21F3N4O3/c24-23(25,26)15-3-7-19(8-4-15)33-18-5-1-14(2-6-18)22-28-16(11-20(29-22)21(27)32)12-30-10-9-17(31)13-30/h1-8,11,17,31H,9-10,12-13H2,(H2,27,32). The van der Waals surface area contributed by atoms with Gasteiger partial charge in [0.15, 0.2) is 5.82 Å². The molecular weight excluding hydrogens is 437 g/mol. The lowest BCUT2D eigenvalue weighted by molar-refractivity contribution is -0.137. The lowest BCUT2D eigenvalue weighted by atomic mass is 10.2. The number of primary amides is 1. The number of β-amino-alcohol motifs (C(OH)–C–C–N with tert-alkyl or cyclic N) is 1. The van der Waals surface area contributed by atoms with Gasteiger partial charge in [-0.15, -0.1) is 0 Å². The number of nitrogens with zero attached hydrogens (tertiary/aromatic N) is 3. The zero-order valence-electron chi connectivity index (χ0n) is 17.4. The van der Waals surface area contributed by atoms with Crippen molar-refractivity contribution >= 4 is 5.91 Å². The highest BCUT2D eigenvalue weighted by Gasteiger charge is 2.30. The number of carbonyl (C=O) groups is 1. The van der Waals surface area contributed by atoms with Crippen molar-refractivity contribution in [2.24, 2.45) is 5.73 Å². The van der Waals surface area contributed by atoms with Crippen LogP contribution in [-0.4, -0.2) is 45.1 Å². The van der Waals surface area contributed by atoms with E-state index < -0.39 is 17.6 Å². The van der Waals surface area contributed by atoms with Gasteiger partial charge in [-0.05, 0) is 61.0 Å². The predicted octanol–water partition coefficient (Wildman–Crippen LogP) is 3.62. The van der Waals surface area contributed by atoms with Gasteiger partial charge in [0.2, 0.25) is 0 Å². The number of alkyl halides is 3. The number of hydrogen-bond donors (Lipinski definition) is 2. The van der Waals surface area contributed by atoms with Crippen LogP contribution in [0.5, 0.6) is 11.5 Å². The maximum Gasteiger partial charge on any atom is 0.416 e. The van der Waals surface area contributed by atoms with Crippen molar-refractivity contribution in [3.63, 3.8) is 0 Å². The largest absolute Gasteiger partial charge is 0.457 e. The third-order valence-corrected chi connectivity index (χ3v) is 5.19. The van der Waals surface area contributed by atoms with Crippen LogP contribution < -0.4 is 10.5 Å². The summed E-state index contributed by atoms with van der Waals surface area (Å²) in [5.41, 5.74) is 5.98. The number of hydrogen-bond acceptors (Lipinski definition) is 6. The second-order valence-corrected chi connectivity index (χ2v) is 7.76. The van der Waals surface area contributed by atoms with Gasteiger partial charge in [0.05, 0.1) is 17.4 Å². The van der Waals surface area contributed by atoms with Gasteiger partial charge < -0.3 is 15.6 Å². The second-order valence-electron chi connectivity index (χ2n) is 7.76. The molecule has 1 amide bonds. The first-order valence-corrected chi connectivity index (χ1v) is 10.2. The third kappa shape index (κ3) is 5.65. The van der Waals surface area contributed by atoms with Gasteiger partial charge in [-0.25, -0.2) is 9.97 Å². The van der Waals surface area contributed by atoms with Crippen molar-refractivity contribution in [1.82, 2.24) is 14.9 Å². The van der Waals surface area contributed by atoms with Crippen LogP contribution in [0.4, 0.5) is 13.2 Å². The van der Waals surface area contributed by atoms with Gasteiger partial charge in [-0.2, -0.15) is 13.2 Å². The van der Waals surface area contributed by atoms with Crippen molar-refractivity contribution in [2.75, 3.05) is 13.1 Å². The van der Waals surface area contributed by atoms with E-state index in [9.17, 15) is 23.1 Å². The fraction of sp³-hybridized carbons (Fsp3) is 0.261. The topological polar surface area (TPSA) is 102 Å². The Labute approximate surface area is 187 Å². The summed E-state index contributed by atoms with van der Waals surface area (Å²) in [7, 11) is 0. The summed E-state index contributed by atoms with van der Waals surface area (Å²) < 4.78 is 43.7. The van der Waals surface area contributed by atoms with E-state index in [1.807, 2.05) is 4.90 Å². The van der Waals surface area contributed by atoms with Crippen LogP contribution >= 0.6 is 0 Å². The third-order valence-electron chi connectivity index (χ3n) is 5.19. The summed E-state index contributed by atoms with van der Waals surface area (Å²) in [6.45, 7) is 1.70. The Morgan fingerprint density at radius 2 is 1.73 bits per heavy atom. The van der Waals surface area contributed by atoms with E-state index in [2.05, 4.69) is 9.97 Å². The molecule has 1 aliphatic heterocycles. The molecule has 0 spiro atoms. The van der Waals surface area contributed by atoms with Crippen molar-refractivity contribution in [2.45, 2.75) is 25.2 Å². The Kier molecular flexibility index (Phi) is 6.30. The normalized spacial score (nSPS) is 16.7. The highest BCUT2D eigenvalue weighted by Crippen LogP contribution is 2.31. The lowest BCUT2D eigenvalue weighted by Gasteiger charge is -2.15. The molecular formula is C23H21F3N4O3. The van der Waals surface area contributed by atoms with Crippen LogP contribution in [0.15, 0.2) is 54.6 Å². The smallest absolute Gasteiger partial charge is 0.416 e. The minimum atomic E-state index is -4.41. The van der Waals surface area contributed by atoms with Crippen LogP contribution in [0.2, 0.25) is 0 Å². The molecule has 2 heterocycles. The fourth-order valence-electron chi connectivity index (χ4n) is 3.54. The minimum absolute atomic E-state index is 0.0832. The number of benzene rings is 2. The monoisotopic (exact) mass is 458 g/mol. The van der Waals surface area contributed by atoms with Gasteiger partial charge >= 0.3 is 6.18 Å². The number of nitrogens with two attached hydrogens (primary N) is 1. The van der Waals surface area contributed by atoms with E-state index in [1.54, 1.807) is 30.3 Å². The molecule has 0 bridgehead atoms. The molecule has 3 N–H and O–H groups in total. The molecule has 1 fully saturated rings. The van der Waals surface area contributed by atoms with E-state index in [4.69, 9.17) is 10.5 Å². The Balaban J connectivity index is 1.52. The number of amides is 1. The van der Waals surface area contributed by atoms with E-state index in [0.717, 1.165) is 18.7 Å². The number of aromatic nitrogens is 2. The molecule has 4 rings (SSSR count). The van der Waals surface area contributed by atoms with E-state index in [-0.39, 0.29) is 17.5 Å². The SMILES string of the molecule is NC(=O)c1cc(CN2CCC(O)C2)nc(-c2ccc(Oc3ccc(C(F)(F)F)cc3)cc2)n1. The number of aliphatic hydroxyl groups excluding tert-OH is 1. The fourth-order valence-corrected chi connectivity index (χ4v) is 3.54. The molecule has 172 valence electrons. The second kappa shape index (κ2) is 9.16. The van der Waals surface area contributed by atoms with E-state index in [1.165, 1.54) is 12.1 Å². The molecule has 1 aromatic heterocycles. The quantitative estimate of drug-likeness (QED) is 0.585. The van der Waals surface area contributed by atoms with Crippen molar-refractivity contribution < 1.29 is 27.8 Å². The number of rotatable bonds is 6. The molecule has 1 unspecified atom stereocenters.